The van der Waals surface area contributed by atoms with E-state index in [1.165, 1.54) is 19.2 Å². The van der Waals surface area contributed by atoms with Gasteiger partial charge >= 0.3 is 0 Å². The lowest BCUT2D eigenvalue weighted by atomic mass is 10.1. The van der Waals surface area contributed by atoms with Crippen molar-refractivity contribution in [3.05, 3.63) is 32.8 Å². The van der Waals surface area contributed by atoms with Gasteiger partial charge in [0.25, 0.3) is 11.6 Å². The minimum absolute atomic E-state index is 0.141. The largest absolute Gasteiger partial charge is 0.381 e. The Hall–Kier alpha value is -1.86. The van der Waals surface area contributed by atoms with Gasteiger partial charge < -0.3 is 15.5 Å². The third-order valence-electron chi connectivity index (χ3n) is 3.10. The van der Waals surface area contributed by atoms with Crippen LogP contribution in [0.25, 0.3) is 0 Å². The second-order valence-electron chi connectivity index (χ2n) is 4.51. The Morgan fingerprint density at radius 3 is 2.67 bits per heavy atom. The van der Waals surface area contributed by atoms with Gasteiger partial charge in [-0.15, -0.1) is 0 Å². The van der Waals surface area contributed by atoms with Crippen molar-refractivity contribution in [1.82, 2.24) is 10.2 Å². The Kier molecular flexibility index (Phi) is 6.39. The number of nitrogens with one attached hydrogen (secondary N) is 2. The Morgan fingerprint density at radius 2 is 2.14 bits per heavy atom. The van der Waals surface area contributed by atoms with E-state index in [2.05, 4.69) is 10.6 Å². The first-order chi connectivity index (χ1) is 9.90. The van der Waals surface area contributed by atoms with Gasteiger partial charge in [-0.05, 0) is 19.7 Å². The molecule has 0 unspecified atom stereocenters. The van der Waals surface area contributed by atoms with E-state index in [0.29, 0.717) is 13.1 Å². The zero-order chi connectivity index (χ0) is 16.0. The number of anilines is 1. The summed E-state index contributed by atoms with van der Waals surface area (Å²) < 4.78 is 0. The van der Waals surface area contributed by atoms with E-state index in [1.807, 2.05) is 18.9 Å². The molecular weight excluding hydrogens is 296 g/mol. The minimum Gasteiger partial charge on any atom is -0.381 e. The molecule has 116 valence electrons. The van der Waals surface area contributed by atoms with Crippen LogP contribution in [-0.4, -0.2) is 49.5 Å². The first kappa shape index (κ1) is 17.2. The number of likely N-dealkylation sites (N-methyl/N-ethyl adjacent to an activating group) is 1. The number of benzene rings is 1. The first-order valence-electron chi connectivity index (χ1n) is 6.53. The number of hydrogen-bond acceptors (Lipinski definition) is 5. The Morgan fingerprint density at radius 1 is 1.48 bits per heavy atom. The maximum atomic E-state index is 12.0. The highest BCUT2D eigenvalue weighted by molar-refractivity contribution is 6.34. The van der Waals surface area contributed by atoms with E-state index in [4.69, 9.17) is 11.6 Å². The van der Waals surface area contributed by atoms with E-state index in [9.17, 15) is 14.9 Å². The topological polar surface area (TPSA) is 87.5 Å². The number of carbonyl (C=O) groups excluding carboxylic acids is 1. The molecule has 1 aromatic carbocycles. The van der Waals surface area contributed by atoms with Crippen LogP contribution in [0.5, 0.6) is 0 Å². The fourth-order valence-electron chi connectivity index (χ4n) is 1.74. The van der Waals surface area contributed by atoms with Crippen molar-refractivity contribution in [2.75, 3.05) is 39.0 Å². The third-order valence-corrected chi connectivity index (χ3v) is 3.40. The average molecular weight is 315 g/mol. The predicted octanol–water partition coefficient (Wildman–Crippen LogP) is 1.97. The molecule has 0 atom stereocenters. The molecule has 0 saturated heterocycles. The second kappa shape index (κ2) is 7.80. The van der Waals surface area contributed by atoms with Crippen LogP contribution in [-0.2, 0) is 0 Å². The summed E-state index contributed by atoms with van der Waals surface area (Å²) in [5.41, 5.74) is 0.148. The number of nitrogens with zero attached hydrogens (tertiary/aromatic N) is 2. The molecule has 0 bridgehead atoms. The summed E-state index contributed by atoms with van der Waals surface area (Å²) in [7, 11) is 3.48. The van der Waals surface area contributed by atoms with Gasteiger partial charge in [0.05, 0.1) is 9.95 Å². The van der Waals surface area contributed by atoms with E-state index >= 15 is 0 Å². The van der Waals surface area contributed by atoms with Gasteiger partial charge in [-0.25, -0.2) is 0 Å². The Balaban J connectivity index is 2.88. The summed E-state index contributed by atoms with van der Waals surface area (Å²) in [5, 5.41) is 16.5. The Labute approximate surface area is 128 Å². The van der Waals surface area contributed by atoms with Crippen molar-refractivity contribution < 1.29 is 9.72 Å². The summed E-state index contributed by atoms with van der Waals surface area (Å²) >= 11 is 5.97. The summed E-state index contributed by atoms with van der Waals surface area (Å²) in [6.45, 7) is 4.06. The molecule has 2 N–H and O–H groups in total. The van der Waals surface area contributed by atoms with Gasteiger partial charge in [0.2, 0.25) is 0 Å². The van der Waals surface area contributed by atoms with E-state index < -0.39 is 4.92 Å². The van der Waals surface area contributed by atoms with Crippen molar-refractivity contribution in [1.29, 1.82) is 0 Å². The second-order valence-corrected chi connectivity index (χ2v) is 4.92. The van der Waals surface area contributed by atoms with Gasteiger partial charge in [0, 0.05) is 31.8 Å². The molecule has 21 heavy (non-hydrogen) atoms. The number of nitro benzene ring substituents is 1. The summed E-state index contributed by atoms with van der Waals surface area (Å²) in [6, 6.07) is 2.63. The van der Waals surface area contributed by atoms with Crippen LogP contribution < -0.4 is 10.6 Å². The quantitative estimate of drug-likeness (QED) is 0.593. The van der Waals surface area contributed by atoms with Gasteiger partial charge in [-0.1, -0.05) is 18.5 Å². The number of rotatable bonds is 7. The normalized spacial score (nSPS) is 10.5. The molecule has 0 spiro atoms. The molecule has 8 heteroatoms. The van der Waals surface area contributed by atoms with Crippen molar-refractivity contribution in [3.63, 3.8) is 0 Å². The SMILES string of the molecule is CCN(C)CCNC(=O)c1cc(Cl)c(NC)c([N+](=O)[O-])c1. The molecule has 0 saturated carbocycles. The number of hydrogen-bond donors (Lipinski definition) is 2. The van der Waals surface area contributed by atoms with Crippen LogP contribution in [0.2, 0.25) is 5.02 Å². The van der Waals surface area contributed by atoms with E-state index in [1.54, 1.807) is 0 Å². The van der Waals surface area contributed by atoms with Crippen molar-refractivity contribution in [2.45, 2.75) is 6.92 Å². The first-order valence-corrected chi connectivity index (χ1v) is 6.90. The van der Waals surface area contributed by atoms with Crippen LogP contribution in [0.1, 0.15) is 17.3 Å². The zero-order valence-corrected chi connectivity index (χ0v) is 13.0. The van der Waals surface area contributed by atoms with Gasteiger partial charge in [0.15, 0.2) is 0 Å². The molecule has 0 aromatic heterocycles. The highest BCUT2D eigenvalue weighted by atomic mass is 35.5. The van der Waals surface area contributed by atoms with E-state index in [-0.39, 0.29) is 27.9 Å². The zero-order valence-electron chi connectivity index (χ0n) is 12.3. The molecule has 7 nitrogen and oxygen atoms in total. The van der Waals surface area contributed by atoms with Gasteiger partial charge in [-0.2, -0.15) is 0 Å². The highest BCUT2D eigenvalue weighted by Gasteiger charge is 2.20. The molecular formula is C13H19ClN4O3. The maximum Gasteiger partial charge on any atom is 0.294 e. The summed E-state index contributed by atoms with van der Waals surface area (Å²) in [5.74, 6) is -0.382. The minimum atomic E-state index is -0.570. The van der Waals surface area contributed by atoms with Crippen molar-refractivity contribution in [3.8, 4) is 0 Å². The van der Waals surface area contributed by atoms with Gasteiger partial charge in [0.1, 0.15) is 5.69 Å². The molecule has 0 aliphatic heterocycles. The molecule has 0 heterocycles. The maximum absolute atomic E-state index is 12.0. The smallest absolute Gasteiger partial charge is 0.294 e. The lowest BCUT2D eigenvalue weighted by molar-refractivity contribution is -0.383. The highest BCUT2D eigenvalue weighted by Crippen LogP contribution is 2.33. The lowest BCUT2D eigenvalue weighted by Gasteiger charge is -2.14. The third kappa shape index (κ3) is 4.57. The standard InChI is InChI=1S/C13H19ClN4O3/c1-4-17(3)6-5-16-13(19)9-7-10(14)12(15-2)11(8-9)18(20)21/h7-8,15H,4-6H2,1-3H3,(H,16,19). The summed E-state index contributed by atoms with van der Waals surface area (Å²) in [6.07, 6.45) is 0. The molecule has 1 aromatic rings. The number of amides is 1. The van der Waals surface area contributed by atoms with Crippen molar-refractivity contribution >= 4 is 28.9 Å². The van der Waals surface area contributed by atoms with Crippen LogP contribution in [0.4, 0.5) is 11.4 Å². The van der Waals surface area contributed by atoms with Crippen LogP contribution in [0, 0.1) is 10.1 Å². The number of carbonyl (C=O) groups is 1. The summed E-state index contributed by atoms with van der Waals surface area (Å²) in [4.78, 5) is 24.5. The number of halogens is 1. The predicted molar refractivity (Wildman–Crippen MR) is 83.2 cm³/mol. The lowest BCUT2D eigenvalue weighted by Crippen LogP contribution is -2.32. The molecule has 1 amide bonds. The molecule has 0 radical (unpaired) electrons. The molecule has 0 aliphatic rings. The van der Waals surface area contributed by atoms with Crippen LogP contribution in [0.3, 0.4) is 0 Å². The monoisotopic (exact) mass is 314 g/mol. The number of nitro groups is 1. The van der Waals surface area contributed by atoms with Crippen molar-refractivity contribution in [2.24, 2.45) is 0 Å². The molecule has 1 rings (SSSR count). The van der Waals surface area contributed by atoms with Crippen LogP contribution in [0.15, 0.2) is 12.1 Å². The fraction of sp³-hybridized carbons (Fsp3) is 0.462. The van der Waals surface area contributed by atoms with Crippen LogP contribution >= 0.6 is 11.6 Å². The van der Waals surface area contributed by atoms with Gasteiger partial charge in [-0.3, -0.25) is 14.9 Å². The average Bonchev–Trinajstić information content (AvgIpc) is 2.45. The molecule has 0 aliphatic carbocycles. The molecule has 0 fully saturated rings. The van der Waals surface area contributed by atoms with E-state index in [0.717, 1.165) is 6.54 Å². The Bertz CT molecular complexity index is 536. The fourth-order valence-corrected chi connectivity index (χ4v) is 2.04.